The quantitative estimate of drug-likeness (QED) is 0.636. The van der Waals surface area contributed by atoms with E-state index in [1.54, 1.807) is 14.0 Å². The van der Waals surface area contributed by atoms with Gasteiger partial charge in [-0.1, -0.05) is 6.92 Å². The Bertz CT molecular complexity index is 296. The predicted octanol–water partition coefficient (Wildman–Crippen LogP) is -0.184. The highest BCUT2D eigenvalue weighted by Gasteiger charge is 2.34. The molecule has 0 spiro atoms. The minimum absolute atomic E-state index is 0.185. The minimum Gasteiger partial charge on any atom is -0.378 e. The Hall–Kier alpha value is -0.170. The van der Waals surface area contributed by atoms with Crippen molar-refractivity contribution in [3.8, 4) is 0 Å². The molecule has 1 aliphatic heterocycles. The Labute approximate surface area is 97.4 Å². The second kappa shape index (κ2) is 5.95. The molecule has 0 aromatic rings. The summed E-state index contributed by atoms with van der Waals surface area (Å²) in [6.07, 6.45) is 0.858. The van der Waals surface area contributed by atoms with Crippen molar-refractivity contribution in [2.24, 2.45) is 0 Å². The summed E-state index contributed by atoms with van der Waals surface area (Å²) in [6, 6.07) is 0. The van der Waals surface area contributed by atoms with E-state index in [9.17, 15) is 8.42 Å². The monoisotopic (exact) mass is 251 g/mol. The largest absolute Gasteiger partial charge is 0.378 e. The fourth-order valence-corrected chi connectivity index (χ4v) is 2.39. The van der Waals surface area contributed by atoms with Crippen molar-refractivity contribution in [3.63, 3.8) is 0 Å². The fraction of sp³-hybridized carbons (Fsp3) is 1.00. The molecule has 96 valence electrons. The van der Waals surface area contributed by atoms with Gasteiger partial charge >= 0.3 is 0 Å². The smallest absolute Gasteiger partial charge is 0.151 e. The van der Waals surface area contributed by atoms with Gasteiger partial charge in [0.15, 0.2) is 9.84 Å². The van der Waals surface area contributed by atoms with E-state index in [0.29, 0.717) is 26.3 Å². The molecule has 0 saturated carbocycles. The molecule has 0 bridgehead atoms. The first-order valence-electron chi connectivity index (χ1n) is 5.58. The highest BCUT2D eigenvalue weighted by atomic mass is 32.2. The van der Waals surface area contributed by atoms with E-state index in [4.69, 9.17) is 9.47 Å². The van der Waals surface area contributed by atoms with Crippen LogP contribution in [0.1, 0.15) is 13.3 Å². The van der Waals surface area contributed by atoms with Crippen molar-refractivity contribution in [1.29, 1.82) is 0 Å². The third-order valence-electron chi connectivity index (χ3n) is 2.98. The van der Waals surface area contributed by atoms with Crippen LogP contribution in [0.3, 0.4) is 0 Å². The second-order valence-electron chi connectivity index (χ2n) is 4.10. The molecule has 0 aromatic carbocycles. The van der Waals surface area contributed by atoms with Gasteiger partial charge in [0.25, 0.3) is 0 Å². The summed E-state index contributed by atoms with van der Waals surface area (Å²) in [5.74, 6) is 0.386. The van der Waals surface area contributed by atoms with Crippen LogP contribution in [-0.2, 0) is 19.3 Å². The molecular weight excluding hydrogens is 230 g/mol. The van der Waals surface area contributed by atoms with Crippen LogP contribution in [0.5, 0.6) is 0 Å². The molecule has 1 heterocycles. The molecule has 0 radical (unpaired) electrons. The first kappa shape index (κ1) is 13.9. The zero-order valence-electron chi connectivity index (χ0n) is 9.99. The van der Waals surface area contributed by atoms with Crippen LogP contribution in [-0.4, -0.2) is 58.9 Å². The number of methoxy groups -OCH3 is 1. The van der Waals surface area contributed by atoms with Crippen LogP contribution in [0.4, 0.5) is 0 Å². The molecule has 1 atom stereocenters. The molecule has 5 nitrogen and oxygen atoms in total. The summed E-state index contributed by atoms with van der Waals surface area (Å²) in [5.41, 5.74) is -0.268. The van der Waals surface area contributed by atoms with E-state index in [-0.39, 0.29) is 17.1 Å². The standard InChI is InChI=1S/C10H21NO4S/c1-3-16(12,13)7-5-11-8-10(14-2)4-6-15-9-10/h11H,3-9H2,1-2H3. The Morgan fingerprint density at radius 3 is 2.75 bits per heavy atom. The number of hydrogen-bond acceptors (Lipinski definition) is 5. The Morgan fingerprint density at radius 2 is 2.25 bits per heavy atom. The highest BCUT2D eigenvalue weighted by molar-refractivity contribution is 7.91. The maximum atomic E-state index is 11.2. The van der Waals surface area contributed by atoms with Crippen LogP contribution in [0, 0.1) is 0 Å². The average Bonchev–Trinajstić information content (AvgIpc) is 2.74. The van der Waals surface area contributed by atoms with Crippen LogP contribution < -0.4 is 5.32 Å². The van der Waals surface area contributed by atoms with E-state index >= 15 is 0 Å². The summed E-state index contributed by atoms with van der Waals surface area (Å²) in [6.45, 7) is 4.07. The molecule has 16 heavy (non-hydrogen) atoms. The summed E-state index contributed by atoms with van der Waals surface area (Å²) < 4.78 is 33.2. The van der Waals surface area contributed by atoms with Gasteiger partial charge in [-0.15, -0.1) is 0 Å². The average molecular weight is 251 g/mol. The fourth-order valence-electron chi connectivity index (χ4n) is 1.65. The lowest BCUT2D eigenvalue weighted by Gasteiger charge is -2.25. The van der Waals surface area contributed by atoms with E-state index < -0.39 is 9.84 Å². The molecule has 6 heteroatoms. The Balaban J connectivity index is 2.24. The lowest BCUT2D eigenvalue weighted by Crippen LogP contribution is -2.44. The molecule has 1 rings (SSSR count). The minimum atomic E-state index is -2.88. The van der Waals surface area contributed by atoms with Gasteiger partial charge in [0, 0.05) is 39.0 Å². The first-order chi connectivity index (χ1) is 7.54. The topological polar surface area (TPSA) is 64.6 Å². The van der Waals surface area contributed by atoms with Crippen LogP contribution in [0.15, 0.2) is 0 Å². The molecule has 0 aromatic heterocycles. The SMILES string of the molecule is CCS(=O)(=O)CCNCC1(OC)CCOC1. The molecule has 0 aliphatic carbocycles. The predicted molar refractivity (Wildman–Crippen MR) is 62.4 cm³/mol. The van der Waals surface area contributed by atoms with E-state index in [2.05, 4.69) is 5.32 Å². The third kappa shape index (κ3) is 4.01. The summed E-state index contributed by atoms with van der Waals surface area (Å²) >= 11 is 0. The Kier molecular flexibility index (Phi) is 5.17. The van der Waals surface area contributed by atoms with Gasteiger partial charge < -0.3 is 14.8 Å². The van der Waals surface area contributed by atoms with Gasteiger partial charge in [0.1, 0.15) is 5.60 Å². The van der Waals surface area contributed by atoms with Crippen molar-refractivity contribution in [2.75, 3.05) is 44.9 Å². The van der Waals surface area contributed by atoms with E-state index in [1.807, 2.05) is 0 Å². The maximum Gasteiger partial charge on any atom is 0.151 e. The van der Waals surface area contributed by atoms with Crippen molar-refractivity contribution < 1.29 is 17.9 Å². The molecule has 1 aliphatic rings. The molecule has 1 fully saturated rings. The van der Waals surface area contributed by atoms with Crippen molar-refractivity contribution in [2.45, 2.75) is 18.9 Å². The zero-order chi connectivity index (χ0) is 12.1. The number of nitrogens with one attached hydrogen (secondary N) is 1. The maximum absolute atomic E-state index is 11.2. The summed E-state index contributed by atoms with van der Waals surface area (Å²) in [7, 11) is -1.21. The molecular formula is C10H21NO4S. The van der Waals surface area contributed by atoms with Gasteiger partial charge in [0.05, 0.1) is 12.4 Å². The lowest BCUT2D eigenvalue weighted by molar-refractivity contribution is -0.0153. The van der Waals surface area contributed by atoms with Gasteiger partial charge in [0.2, 0.25) is 0 Å². The first-order valence-corrected chi connectivity index (χ1v) is 7.40. The molecule has 1 N–H and O–H groups in total. The molecule has 1 saturated heterocycles. The van der Waals surface area contributed by atoms with Gasteiger partial charge in [-0.2, -0.15) is 0 Å². The van der Waals surface area contributed by atoms with Gasteiger partial charge in [-0.3, -0.25) is 0 Å². The van der Waals surface area contributed by atoms with Gasteiger partial charge in [-0.05, 0) is 0 Å². The van der Waals surface area contributed by atoms with Crippen molar-refractivity contribution >= 4 is 9.84 Å². The summed E-state index contributed by atoms with van der Waals surface area (Å²) in [4.78, 5) is 0. The van der Waals surface area contributed by atoms with Crippen LogP contribution in [0.2, 0.25) is 0 Å². The molecule has 1 unspecified atom stereocenters. The van der Waals surface area contributed by atoms with Crippen LogP contribution >= 0.6 is 0 Å². The lowest BCUT2D eigenvalue weighted by atomic mass is 10.0. The Morgan fingerprint density at radius 1 is 1.50 bits per heavy atom. The number of ether oxygens (including phenoxy) is 2. The van der Waals surface area contributed by atoms with Crippen LogP contribution in [0.25, 0.3) is 0 Å². The molecule has 0 amide bonds. The number of hydrogen-bond donors (Lipinski definition) is 1. The third-order valence-corrected chi connectivity index (χ3v) is 4.68. The number of sulfone groups is 1. The van der Waals surface area contributed by atoms with Crippen molar-refractivity contribution in [1.82, 2.24) is 5.32 Å². The second-order valence-corrected chi connectivity index (χ2v) is 6.58. The number of rotatable bonds is 7. The summed E-state index contributed by atoms with van der Waals surface area (Å²) in [5, 5.41) is 3.13. The zero-order valence-corrected chi connectivity index (χ0v) is 10.8. The van der Waals surface area contributed by atoms with Crippen molar-refractivity contribution in [3.05, 3.63) is 0 Å². The van der Waals surface area contributed by atoms with E-state index in [1.165, 1.54) is 0 Å². The van der Waals surface area contributed by atoms with E-state index in [0.717, 1.165) is 6.42 Å². The van der Waals surface area contributed by atoms with Gasteiger partial charge in [-0.25, -0.2) is 8.42 Å². The normalized spacial score (nSPS) is 26.1. The highest BCUT2D eigenvalue weighted by Crippen LogP contribution is 2.21.